The Morgan fingerprint density at radius 3 is 2.30 bits per heavy atom. The zero-order valence-corrected chi connectivity index (χ0v) is 22.9. The van der Waals surface area contributed by atoms with Gasteiger partial charge in [0.25, 0.3) is 0 Å². The van der Waals surface area contributed by atoms with E-state index < -0.39 is 23.3 Å². The highest BCUT2D eigenvalue weighted by molar-refractivity contribution is 6.30. The molecule has 0 unspecified atom stereocenters. The molecule has 0 aliphatic rings. The van der Waals surface area contributed by atoms with E-state index in [4.69, 9.17) is 25.8 Å². The monoisotopic (exact) mass is 565 g/mol. The lowest BCUT2D eigenvalue weighted by Gasteiger charge is -2.17. The summed E-state index contributed by atoms with van der Waals surface area (Å²) in [6, 6.07) is 17.4. The molecule has 2 aromatic heterocycles. The lowest BCUT2D eigenvalue weighted by Crippen LogP contribution is -2.44. The van der Waals surface area contributed by atoms with Crippen LogP contribution in [0.15, 0.2) is 76.4 Å². The molecule has 1 atom stereocenters. The van der Waals surface area contributed by atoms with Crippen LogP contribution in [0, 0.1) is 5.92 Å². The summed E-state index contributed by atoms with van der Waals surface area (Å²) in [7, 11) is 2.86. The molecular weight excluding hydrogens is 538 g/mol. The van der Waals surface area contributed by atoms with Gasteiger partial charge in [0.05, 0.1) is 26.2 Å². The van der Waals surface area contributed by atoms with Gasteiger partial charge in [-0.25, -0.2) is 19.1 Å². The molecule has 12 heteroatoms. The van der Waals surface area contributed by atoms with E-state index in [9.17, 15) is 14.4 Å². The van der Waals surface area contributed by atoms with Crippen LogP contribution in [0.4, 0.5) is 11.6 Å². The quantitative estimate of drug-likeness (QED) is 0.268. The van der Waals surface area contributed by atoms with Crippen LogP contribution in [0.5, 0.6) is 11.6 Å². The number of rotatable bonds is 11. The minimum atomic E-state index is -0.793. The first-order valence-electron chi connectivity index (χ1n) is 12.3. The van der Waals surface area contributed by atoms with Crippen LogP contribution >= 0.6 is 11.6 Å². The van der Waals surface area contributed by atoms with Crippen LogP contribution < -0.4 is 21.4 Å². The van der Waals surface area contributed by atoms with E-state index in [1.54, 1.807) is 74.8 Å². The number of ether oxygens (including phenoxy) is 3. The largest absolute Gasteiger partial charge is 0.469 e. The number of esters is 1. The van der Waals surface area contributed by atoms with E-state index >= 15 is 0 Å². The number of benzene rings is 2. The first-order chi connectivity index (χ1) is 19.3. The summed E-state index contributed by atoms with van der Waals surface area (Å²) in [5, 5.41) is 3.60. The Kier molecular flexibility index (Phi) is 9.31. The zero-order valence-electron chi connectivity index (χ0n) is 22.2. The molecule has 40 heavy (non-hydrogen) atoms. The second-order valence-electron chi connectivity index (χ2n) is 8.94. The molecule has 4 rings (SSSR count). The normalized spacial score (nSPS) is 11.6. The van der Waals surface area contributed by atoms with Crippen LogP contribution in [-0.2, 0) is 34.0 Å². The van der Waals surface area contributed by atoms with Crippen LogP contribution in [-0.4, -0.2) is 39.3 Å². The van der Waals surface area contributed by atoms with E-state index in [1.807, 2.05) is 6.07 Å². The van der Waals surface area contributed by atoms with Crippen LogP contribution in [0.1, 0.15) is 18.1 Å². The SMILES string of the molecule is COCc1ccc(Oc2ccc(Nc3nc(=O)n(C[C@H](C)C(=O)OC)c(=O)n3Cc3ccc(Cl)cc3)cc2)nc1. The number of hydrogen-bond acceptors (Lipinski definition) is 9. The predicted molar refractivity (Wildman–Crippen MR) is 149 cm³/mol. The summed E-state index contributed by atoms with van der Waals surface area (Å²) in [5.41, 5.74) is 0.825. The van der Waals surface area contributed by atoms with E-state index in [2.05, 4.69) is 15.3 Å². The van der Waals surface area contributed by atoms with Crippen molar-refractivity contribution in [3.63, 3.8) is 0 Å². The van der Waals surface area contributed by atoms with Crippen LogP contribution in [0.3, 0.4) is 0 Å². The van der Waals surface area contributed by atoms with Gasteiger partial charge < -0.3 is 19.5 Å². The van der Waals surface area contributed by atoms with Crippen molar-refractivity contribution in [2.45, 2.75) is 26.6 Å². The van der Waals surface area contributed by atoms with Gasteiger partial charge in [-0.05, 0) is 53.6 Å². The molecule has 0 amide bonds. The van der Waals surface area contributed by atoms with Crippen molar-refractivity contribution in [3.05, 3.63) is 104 Å². The fourth-order valence-electron chi connectivity index (χ4n) is 3.83. The van der Waals surface area contributed by atoms with Crippen molar-refractivity contribution in [1.82, 2.24) is 19.1 Å². The predicted octanol–water partition coefficient (Wildman–Crippen LogP) is 3.99. The number of anilines is 2. The minimum Gasteiger partial charge on any atom is -0.469 e. The molecule has 0 radical (unpaired) electrons. The van der Waals surface area contributed by atoms with Gasteiger partial charge in [0.2, 0.25) is 11.8 Å². The van der Waals surface area contributed by atoms with Gasteiger partial charge in [0.1, 0.15) is 5.75 Å². The smallest absolute Gasteiger partial charge is 0.354 e. The summed E-state index contributed by atoms with van der Waals surface area (Å²) >= 11 is 6.01. The Hall–Kier alpha value is -4.48. The number of hydrogen-bond donors (Lipinski definition) is 1. The van der Waals surface area contributed by atoms with Gasteiger partial charge >= 0.3 is 17.3 Å². The van der Waals surface area contributed by atoms with Gasteiger partial charge in [-0.3, -0.25) is 9.36 Å². The van der Waals surface area contributed by atoms with Crippen molar-refractivity contribution in [2.24, 2.45) is 5.92 Å². The number of carbonyl (C=O) groups excluding carboxylic acids is 1. The summed E-state index contributed by atoms with van der Waals surface area (Å²) in [6.45, 7) is 1.95. The third-order valence-corrected chi connectivity index (χ3v) is 6.16. The third-order valence-electron chi connectivity index (χ3n) is 5.91. The van der Waals surface area contributed by atoms with Crippen molar-refractivity contribution < 1.29 is 19.0 Å². The number of aromatic nitrogens is 4. The average molecular weight is 566 g/mol. The molecule has 0 bridgehead atoms. The van der Waals surface area contributed by atoms with Crippen LogP contribution in [0.25, 0.3) is 0 Å². The third kappa shape index (κ3) is 7.13. The lowest BCUT2D eigenvalue weighted by atomic mass is 10.2. The summed E-state index contributed by atoms with van der Waals surface area (Å²) in [6.07, 6.45) is 1.68. The maximum atomic E-state index is 13.5. The number of halogens is 1. The van der Waals surface area contributed by atoms with Gasteiger partial charge in [0.15, 0.2) is 0 Å². The second-order valence-corrected chi connectivity index (χ2v) is 9.37. The fraction of sp³-hybridized carbons (Fsp3) is 0.250. The molecule has 208 valence electrons. The summed E-state index contributed by atoms with van der Waals surface area (Å²) < 4.78 is 17.9. The standard InChI is InChI=1S/C28H28ClN5O6/c1-18(25(35)39-3)15-34-27(36)32-26(33(28(34)37)16-19-4-7-21(29)8-5-19)31-22-9-11-23(12-10-22)40-24-13-6-20(14-30-24)17-38-2/h4-14,18H,15-17H2,1-3H3,(H,31,32,36)/t18-/m0/s1. The molecule has 2 aromatic carbocycles. The molecule has 0 spiro atoms. The van der Waals surface area contributed by atoms with Crippen LogP contribution in [0.2, 0.25) is 5.02 Å². The minimum absolute atomic E-state index is 0.0380. The maximum absolute atomic E-state index is 13.5. The molecule has 2 heterocycles. The molecular formula is C28H28ClN5O6. The summed E-state index contributed by atoms with van der Waals surface area (Å²) in [4.78, 5) is 46.7. The number of methoxy groups -OCH3 is 2. The highest BCUT2D eigenvalue weighted by atomic mass is 35.5. The van der Waals surface area contributed by atoms with Crippen molar-refractivity contribution in [2.75, 3.05) is 19.5 Å². The first kappa shape index (κ1) is 28.5. The number of carbonyl (C=O) groups is 1. The highest BCUT2D eigenvalue weighted by Crippen LogP contribution is 2.23. The highest BCUT2D eigenvalue weighted by Gasteiger charge is 2.20. The topological polar surface area (TPSA) is 127 Å². The van der Waals surface area contributed by atoms with E-state index in [0.29, 0.717) is 28.9 Å². The fourth-order valence-corrected chi connectivity index (χ4v) is 3.95. The Bertz CT molecular complexity index is 1570. The molecule has 0 saturated carbocycles. The van der Waals surface area contributed by atoms with Crippen molar-refractivity contribution in [3.8, 4) is 11.6 Å². The van der Waals surface area contributed by atoms with Gasteiger partial charge in [-0.15, -0.1) is 0 Å². The van der Waals surface area contributed by atoms with Crippen molar-refractivity contribution >= 4 is 29.2 Å². The second kappa shape index (κ2) is 13.0. The molecule has 0 aliphatic heterocycles. The number of nitrogens with one attached hydrogen (secondary N) is 1. The summed E-state index contributed by atoms with van der Waals surface area (Å²) in [5.74, 6) is -0.268. The van der Waals surface area contributed by atoms with E-state index in [1.165, 1.54) is 11.7 Å². The number of pyridine rings is 1. The first-order valence-corrected chi connectivity index (χ1v) is 12.7. The molecule has 4 aromatic rings. The molecule has 11 nitrogen and oxygen atoms in total. The maximum Gasteiger partial charge on any atom is 0.354 e. The molecule has 1 N–H and O–H groups in total. The zero-order chi connectivity index (χ0) is 28.6. The van der Waals surface area contributed by atoms with Crippen molar-refractivity contribution in [1.29, 1.82) is 0 Å². The lowest BCUT2D eigenvalue weighted by molar-refractivity contribution is -0.145. The van der Waals surface area contributed by atoms with Gasteiger partial charge in [-0.1, -0.05) is 30.7 Å². The molecule has 0 aliphatic carbocycles. The Balaban J connectivity index is 1.61. The molecule has 0 saturated heterocycles. The Labute approximate surface area is 234 Å². The van der Waals surface area contributed by atoms with Gasteiger partial charge in [-0.2, -0.15) is 4.98 Å². The Morgan fingerprint density at radius 1 is 0.975 bits per heavy atom. The number of nitrogens with zero attached hydrogens (tertiary/aromatic N) is 4. The average Bonchev–Trinajstić information content (AvgIpc) is 2.95. The molecule has 0 fully saturated rings. The Morgan fingerprint density at radius 2 is 1.68 bits per heavy atom. The van der Waals surface area contributed by atoms with Gasteiger partial charge in [0, 0.05) is 36.6 Å². The van der Waals surface area contributed by atoms with E-state index in [0.717, 1.165) is 15.7 Å². The van der Waals surface area contributed by atoms with E-state index in [-0.39, 0.29) is 19.0 Å².